The fourth-order valence-electron chi connectivity index (χ4n) is 1.94. The zero-order valence-electron chi connectivity index (χ0n) is 9.30. The molecule has 0 fully saturated rings. The van der Waals surface area contributed by atoms with Gasteiger partial charge < -0.3 is 10.7 Å². The molecule has 0 unspecified atom stereocenters. The molecule has 3 heteroatoms. The topological polar surface area (TPSA) is 54.7 Å². The minimum Gasteiger partial charge on any atom is -0.340 e. The third-order valence-corrected chi connectivity index (χ3v) is 2.86. The van der Waals surface area contributed by atoms with Gasteiger partial charge in [-0.05, 0) is 17.7 Å². The molecule has 0 aliphatic carbocycles. The summed E-state index contributed by atoms with van der Waals surface area (Å²) in [7, 11) is 0. The van der Waals surface area contributed by atoms with Crippen molar-refractivity contribution >= 4 is 11.0 Å². The number of hydrogen-bond donors (Lipinski definition) is 2. The third-order valence-electron chi connectivity index (χ3n) is 2.86. The fourth-order valence-corrected chi connectivity index (χ4v) is 1.94. The van der Waals surface area contributed by atoms with Gasteiger partial charge in [-0.3, -0.25) is 0 Å². The van der Waals surface area contributed by atoms with Gasteiger partial charge in [-0.25, -0.2) is 4.98 Å². The maximum absolute atomic E-state index is 6.19. The van der Waals surface area contributed by atoms with Gasteiger partial charge in [0.25, 0.3) is 0 Å². The van der Waals surface area contributed by atoms with Crippen LogP contribution in [0, 0.1) is 0 Å². The predicted octanol–water partition coefficient (Wildman–Crippen LogP) is 2.61. The Hall–Kier alpha value is -2.13. The van der Waals surface area contributed by atoms with E-state index in [4.69, 9.17) is 5.73 Å². The van der Waals surface area contributed by atoms with Gasteiger partial charge >= 0.3 is 0 Å². The van der Waals surface area contributed by atoms with Crippen LogP contribution < -0.4 is 5.73 Å². The second kappa shape index (κ2) is 4.03. The number of H-pyrrole nitrogens is 1. The molecule has 0 aliphatic heterocycles. The molecule has 0 bridgehead atoms. The first kappa shape index (κ1) is 10.1. The summed E-state index contributed by atoms with van der Waals surface area (Å²) in [4.78, 5) is 7.77. The molecule has 0 saturated heterocycles. The molecule has 1 atom stereocenters. The Morgan fingerprint density at radius 2 is 1.65 bits per heavy atom. The van der Waals surface area contributed by atoms with Crippen molar-refractivity contribution in [2.45, 2.75) is 6.04 Å². The van der Waals surface area contributed by atoms with E-state index in [1.54, 1.807) is 0 Å². The molecule has 2 aromatic carbocycles. The van der Waals surface area contributed by atoms with E-state index < -0.39 is 0 Å². The quantitative estimate of drug-likeness (QED) is 0.701. The highest BCUT2D eigenvalue weighted by molar-refractivity contribution is 5.74. The Morgan fingerprint density at radius 3 is 2.41 bits per heavy atom. The minimum atomic E-state index is -0.205. The number of hydrogen-bond acceptors (Lipinski definition) is 2. The molecular formula is C14H13N3. The second-order valence-electron chi connectivity index (χ2n) is 4.03. The van der Waals surface area contributed by atoms with E-state index in [0.717, 1.165) is 22.4 Å². The molecule has 3 N–H and O–H groups in total. The number of imidazole rings is 1. The fraction of sp³-hybridized carbons (Fsp3) is 0.0714. The van der Waals surface area contributed by atoms with Gasteiger partial charge in [-0.1, -0.05) is 42.5 Å². The van der Waals surface area contributed by atoms with Crippen molar-refractivity contribution in [1.29, 1.82) is 0 Å². The average molecular weight is 223 g/mol. The largest absolute Gasteiger partial charge is 0.340 e. The van der Waals surface area contributed by atoms with Crippen LogP contribution in [-0.2, 0) is 0 Å². The van der Waals surface area contributed by atoms with E-state index in [1.165, 1.54) is 0 Å². The first-order valence-corrected chi connectivity index (χ1v) is 5.60. The van der Waals surface area contributed by atoms with E-state index in [9.17, 15) is 0 Å². The molecule has 3 rings (SSSR count). The third kappa shape index (κ3) is 1.81. The summed E-state index contributed by atoms with van der Waals surface area (Å²) in [5.41, 5.74) is 9.22. The zero-order valence-corrected chi connectivity index (χ0v) is 9.30. The predicted molar refractivity (Wildman–Crippen MR) is 68.6 cm³/mol. The Bertz CT molecular complexity index is 595. The lowest BCUT2D eigenvalue weighted by Crippen LogP contribution is -2.13. The van der Waals surface area contributed by atoms with E-state index in [0.29, 0.717) is 0 Å². The summed E-state index contributed by atoms with van der Waals surface area (Å²) in [6.45, 7) is 0. The summed E-state index contributed by atoms with van der Waals surface area (Å²) >= 11 is 0. The number of nitrogens with one attached hydrogen (secondary N) is 1. The molecule has 3 nitrogen and oxygen atoms in total. The zero-order chi connectivity index (χ0) is 11.7. The Labute approximate surface area is 99.3 Å². The molecule has 1 heterocycles. The van der Waals surface area contributed by atoms with Crippen LogP contribution >= 0.6 is 0 Å². The monoisotopic (exact) mass is 223 g/mol. The summed E-state index contributed by atoms with van der Waals surface area (Å²) < 4.78 is 0. The number of nitrogens with zero attached hydrogens (tertiary/aromatic N) is 1. The second-order valence-corrected chi connectivity index (χ2v) is 4.03. The highest BCUT2D eigenvalue weighted by Gasteiger charge is 2.12. The Kier molecular flexibility index (Phi) is 2.38. The van der Waals surface area contributed by atoms with Crippen LogP contribution in [0.2, 0.25) is 0 Å². The standard InChI is InChI=1S/C14H13N3/c15-13(10-6-2-1-3-7-10)14-16-11-8-4-5-9-12(11)17-14/h1-9,13H,15H2,(H,16,17)/t13-/m1/s1. The normalized spacial score (nSPS) is 12.8. The number of aromatic nitrogens is 2. The molecule has 0 aliphatic rings. The van der Waals surface area contributed by atoms with E-state index in [1.807, 2.05) is 54.6 Å². The molecule has 17 heavy (non-hydrogen) atoms. The maximum atomic E-state index is 6.19. The van der Waals surface area contributed by atoms with Crippen molar-refractivity contribution in [3.8, 4) is 0 Å². The maximum Gasteiger partial charge on any atom is 0.128 e. The lowest BCUT2D eigenvalue weighted by molar-refractivity contribution is 0.806. The van der Waals surface area contributed by atoms with Gasteiger partial charge in [-0.2, -0.15) is 0 Å². The first-order valence-electron chi connectivity index (χ1n) is 5.60. The summed E-state index contributed by atoms with van der Waals surface area (Å²) in [6.07, 6.45) is 0. The van der Waals surface area contributed by atoms with Gasteiger partial charge in [0.05, 0.1) is 17.1 Å². The van der Waals surface area contributed by atoms with Crippen molar-refractivity contribution in [3.05, 3.63) is 66.0 Å². The number of para-hydroxylation sites is 2. The van der Waals surface area contributed by atoms with E-state index in [-0.39, 0.29) is 6.04 Å². The first-order chi connectivity index (χ1) is 8.34. The van der Waals surface area contributed by atoms with Crippen LogP contribution in [0.5, 0.6) is 0 Å². The van der Waals surface area contributed by atoms with Crippen LogP contribution in [-0.4, -0.2) is 9.97 Å². The van der Waals surface area contributed by atoms with Crippen LogP contribution in [0.25, 0.3) is 11.0 Å². The van der Waals surface area contributed by atoms with Gasteiger partial charge in [0.15, 0.2) is 0 Å². The van der Waals surface area contributed by atoms with Crippen LogP contribution in [0.15, 0.2) is 54.6 Å². The van der Waals surface area contributed by atoms with Crippen LogP contribution in [0.1, 0.15) is 17.4 Å². The molecule has 0 saturated carbocycles. The number of fused-ring (bicyclic) bond motifs is 1. The van der Waals surface area contributed by atoms with Gasteiger partial charge in [0, 0.05) is 0 Å². The van der Waals surface area contributed by atoms with Crippen LogP contribution in [0.4, 0.5) is 0 Å². The molecule has 0 spiro atoms. The van der Waals surface area contributed by atoms with Crippen molar-refractivity contribution < 1.29 is 0 Å². The molecule has 0 radical (unpaired) electrons. The average Bonchev–Trinajstić information content (AvgIpc) is 2.82. The molecule has 3 aromatic rings. The number of aromatic amines is 1. The smallest absolute Gasteiger partial charge is 0.128 e. The molecule has 1 aromatic heterocycles. The number of nitrogens with two attached hydrogens (primary N) is 1. The highest BCUT2D eigenvalue weighted by Crippen LogP contribution is 2.19. The lowest BCUT2D eigenvalue weighted by Gasteiger charge is -2.08. The molecular weight excluding hydrogens is 210 g/mol. The number of benzene rings is 2. The van der Waals surface area contributed by atoms with Crippen molar-refractivity contribution in [2.24, 2.45) is 5.73 Å². The highest BCUT2D eigenvalue weighted by atomic mass is 15.0. The van der Waals surface area contributed by atoms with Crippen molar-refractivity contribution in [3.63, 3.8) is 0 Å². The minimum absolute atomic E-state index is 0.205. The van der Waals surface area contributed by atoms with Crippen molar-refractivity contribution in [1.82, 2.24) is 9.97 Å². The molecule has 84 valence electrons. The lowest BCUT2D eigenvalue weighted by atomic mass is 10.1. The van der Waals surface area contributed by atoms with Gasteiger partial charge in [-0.15, -0.1) is 0 Å². The van der Waals surface area contributed by atoms with Gasteiger partial charge in [0.2, 0.25) is 0 Å². The summed E-state index contributed by atoms with van der Waals surface area (Å²) in [5.74, 6) is 0.803. The SMILES string of the molecule is N[C@H](c1ccccc1)c1nc2ccccc2[nH]1. The molecule has 0 amide bonds. The number of rotatable bonds is 2. The summed E-state index contributed by atoms with van der Waals surface area (Å²) in [5, 5.41) is 0. The Balaban J connectivity index is 2.04. The van der Waals surface area contributed by atoms with Crippen molar-refractivity contribution in [2.75, 3.05) is 0 Å². The Morgan fingerprint density at radius 1 is 0.941 bits per heavy atom. The van der Waals surface area contributed by atoms with Crippen LogP contribution in [0.3, 0.4) is 0 Å². The summed E-state index contributed by atoms with van der Waals surface area (Å²) in [6, 6.07) is 17.7. The van der Waals surface area contributed by atoms with E-state index in [2.05, 4.69) is 9.97 Å². The van der Waals surface area contributed by atoms with Gasteiger partial charge in [0.1, 0.15) is 5.82 Å². The van der Waals surface area contributed by atoms with E-state index >= 15 is 0 Å².